The number of carbonyl (C=O) groups excluding carboxylic acids is 3. The molecule has 0 unspecified atom stereocenters. The van der Waals surface area contributed by atoms with Crippen LogP contribution in [-0.2, 0) is 16.0 Å². The van der Waals surface area contributed by atoms with Crippen LogP contribution < -0.4 is 20.4 Å². The molecule has 0 bridgehead atoms. The Bertz CT molecular complexity index is 2830. The van der Waals surface area contributed by atoms with Crippen LogP contribution in [0.3, 0.4) is 0 Å². The largest absolute Gasteiger partial charge is 0.507 e. The van der Waals surface area contributed by atoms with E-state index in [-0.39, 0.29) is 55.3 Å². The third kappa shape index (κ3) is 9.22. The summed E-state index contributed by atoms with van der Waals surface area (Å²) in [4.78, 5) is 65.5. The van der Waals surface area contributed by atoms with Crippen molar-refractivity contribution >= 4 is 40.5 Å². The summed E-state index contributed by atoms with van der Waals surface area (Å²) in [7, 11) is 0. The zero-order valence-electron chi connectivity index (χ0n) is 40.9. The number of aromatic nitrogens is 5. The second-order valence-electron chi connectivity index (χ2n) is 21.1. The standard InChI is InChI=1S/C53H64N12O6/c1-6-34-11-13-35(14-12-34)32(2)56-48(69)43-23-38(67)29-65(43)49(70)46(52(4,5)16-22-66)58-51(71)63-30-53(31-63)25-36(26-53)61-18-20-62(21-19-61)37-27-54-50(55-28-37)64-17-15-41-45(33(64)3)40-24-42(59-60-47(40)57-41)39-9-7-8-10-44(39)68/h1,7-14,24,27-28,32-33,36,38,43,46,66-68H,15-23,25-26,29-31H2,2-5H3,(H,56,69)(H,57,60)(H,58,71)/t32-,33+,38+,43-,46+/m0/s1. The van der Waals surface area contributed by atoms with Gasteiger partial charge in [0, 0.05) is 111 Å². The number of piperazine rings is 1. The fourth-order valence-corrected chi connectivity index (χ4v) is 11.7. The molecule has 1 saturated carbocycles. The fourth-order valence-electron chi connectivity index (χ4n) is 11.7. The predicted octanol–water partition coefficient (Wildman–Crippen LogP) is 4.14. The number of β-amino-alcohol motifs (C(OH)–C–C–N with tert-alkyl or cyclic N) is 1. The first-order valence-corrected chi connectivity index (χ1v) is 24.9. The van der Waals surface area contributed by atoms with Crippen LogP contribution in [0.15, 0.2) is 67.0 Å². The van der Waals surface area contributed by atoms with Crippen LogP contribution in [0.1, 0.15) is 87.8 Å². The summed E-state index contributed by atoms with van der Waals surface area (Å²) in [6.07, 6.45) is 11.6. The predicted molar refractivity (Wildman–Crippen MR) is 268 cm³/mol. The van der Waals surface area contributed by atoms with Gasteiger partial charge in [-0.25, -0.2) is 14.8 Å². The average Bonchev–Trinajstić information content (AvgIpc) is 3.93. The van der Waals surface area contributed by atoms with E-state index in [9.17, 15) is 29.7 Å². The zero-order valence-corrected chi connectivity index (χ0v) is 40.9. The Hall–Kier alpha value is -6.81. The lowest BCUT2D eigenvalue weighted by atomic mass is 9.60. The number of nitrogens with zero attached hydrogens (tertiary/aromatic N) is 9. The molecule has 1 spiro atoms. The molecule has 0 radical (unpaired) electrons. The molecular weight excluding hydrogens is 901 g/mol. The zero-order chi connectivity index (χ0) is 49.8. The van der Waals surface area contributed by atoms with E-state index in [2.05, 4.69) is 53.4 Å². The number of phenolic OH excluding ortho intramolecular Hbond substituents is 1. The number of urea groups is 1. The van der Waals surface area contributed by atoms with Crippen molar-refractivity contribution in [2.75, 3.05) is 68.8 Å². The molecule has 4 fully saturated rings. The van der Waals surface area contributed by atoms with Crippen molar-refractivity contribution in [3.8, 4) is 29.4 Å². The summed E-state index contributed by atoms with van der Waals surface area (Å²) in [6.45, 7) is 12.9. The van der Waals surface area contributed by atoms with Crippen molar-refractivity contribution in [2.45, 2.75) is 96.1 Å². The highest BCUT2D eigenvalue weighted by Gasteiger charge is 2.56. The molecule has 6 N–H and O–H groups in total. The topological polar surface area (TPSA) is 220 Å². The molecule has 5 atom stereocenters. The maximum atomic E-state index is 14.4. The highest BCUT2D eigenvalue weighted by atomic mass is 16.3. The number of hydrogen-bond acceptors (Lipinski definition) is 13. The van der Waals surface area contributed by atoms with E-state index in [0.29, 0.717) is 36.3 Å². The molecule has 1 aliphatic carbocycles. The van der Waals surface area contributed by atoms with Gasteiger partial charge in [0.25, 0.3) is 0 Å². The first-order chi connectivity index (χ1) is 34.1. The van der Waals surface area contributed by atoms with Gasteiger partial charge in [0.2, 0.25) is 17.8 Å². The molecule has 2 aromatic carbocycles. The van der Waals surface area contributed by atoms with Crippen LogP contribution in [0.4, 0.5) is 16.4 Å². The maximum Gasteiger partial charge on any atom is 0.318 e. The molecule has 4 aliphatic heterocycles. The molecule has 372 valence electrons. The summed E-state index contributed by atoms with van der Waals surface area (Å²) < 4.78 is 0. The summed E-state index contributed by atoms with van der Waals surface area (Å²) in [5.74, 6) is 2.57. The van der Waals surface area contributed by atoms with Gasteiger partial charge in [0.1, 0.15) is 17.8 Å². The number of H-pyrrole nitrogens is 1. The molecule has 18 heteroatoms. The van der Waals surface area contributed by atoms with Gasteiger partial charge >= 0.3 is 6.03 Å². The minimum absolute atomic E-state index is 0.0123. The minimum atomic E-state index is -1.04. The van der Waals surface area contributed by atoms with Crippen molar-refractivity contribution in [1.82, 2.24) is 50.5 Å². The van der Waals surface area contributed by atoms with Crippen LogP contribution >= 0.6 is 0 Å². The number of amides is 4. The van der Waals surface area contributed by atoms with Gasteiger partial charge in [0.05, 0.1) is 42.0 Å². The van der Waals surface area contributed by atoms with E-state index in [1.165, 1.54) is 4.90 Å². The maximum absolute atomic E-state index is 14.4. The Labute approximate surface area is 413 Å². The lowest BCUT2D eigenvalue weighted by Crippen LogP contribution is -2.71. The number of nitrogens with one attached hydrogen (secondary N) is 3. The SMILES string of the molecule is C#Cc1ccc([C@H](C)NC(=O)[C@@H]2C[C@@H](O)CN2C(=O)[C@@H](NC(=O)N2CC3(CC(N4CCN(c5cnc(N6CCc7[nH]c8nnc(-c9ccccc9O)cc8c7[C@H]6C)nc5)CC4)C3)C2)C(C)(C)CCO)cc1. The van der Waals surface area contributed by atoms with E-state index < -0.39 is 35.4 Å². The highest BCUT2D eigenvalue weighted by molar-refractivity contribution is 5.93. The van der Waals surface area contributed by atoms with Crippen molar-refractivity contribution in [3.63, 3.8) is 0 Å². The van der Waals surface area contributed by atoms with Crippen LogP contribution in [0.25, 0.3) is 22.3 Å². The summed E-state index contributed by atoms with van der Waals surface area (Å²) >= 11 is 0. The molecule has 4 amide bonds. The Morgan fingerprint density at radius 1 is 0.986 bits per heavy atom. The molecule has 18 nitrogen and oxygen atoms in total. The third-order valence-electron chi connectivity index (χ3n) is 16.0. The normalized spacial score (nSPS) is 22.1. The number of anilines is 2. The van der Waals surface area contributed by atoms with Crippen molar-refractivity contribution in [3.05, 3.63) is 89.4 Å². The smallest absolute Gasteiger partial charge is 0.318 e. The molecule has 7 heterocycles. The quantitative estimate of drug-likeness (QED) is 0.0971. The van der Waals surface area contributed by atoms with E-state index >= 15 is 0 Å². The minimum Gasteiger partial charge on any atom is -0.507 e. The monoisotopic (exact) mass is 965 g/mol. The molecular formula is C53H64N12O6. The Kier molecular flexibility index (Phi) is 12.9. The summed E-state index contributed by atoms with van der Waals surface area (Å²) in [6, 6.07) is 14.2. The van der Waals surface area contributed by atoms with Crippen LogP contribution in [0.2, 0.25) is 0 Å². The number of carbonyl (C=O) groups is 3. The van der Waals surface area contributed by atoms with Gasteiger partial charge in [-0.3, -0.25) is 14.5 Å². The number of aromatic amines is 1. The lowest BCUT2D eigenvalue weighted by molar-refractivity contribution is -0.142. The van der Waals surface area contributed by atoms with Crippen LogP contribution in [0.5, 0.6) is 5.75 Å². The van der Waals surface area contributed by atoms with Gasteiger partial charge < -0.3 is 50.5 Å². The van der Waals surface area contributed by atoms with Crippen molar-refractivity contribution in [2.24, 2.45) is 10.8 Å². The molecule has 3 saturated heterocycles. The van der Waals surface area contributed by atoms with Gasteiger partial charge in [0.15, 0.2) is 5.65 Å². The number of para-hydroxylation sites is 1. The second-order valence-corrected chi connectivity index (χ2v) is 21.1. The number of terminal acetylenes is 1. The molecule has 10 rings (SSSR count). The number of rotatable bonds is 12. The second kappa shape index (κ2) is 19.1. The Balaban J connectivity index is 0.708. The summed E-state index contributed by atoms with van der Waals surface area (Å²) in [5, 5.41) is 47.1. The number of benzene rings is 2. The number of hydrogen-bond donors (Lipinski definition) is 6. The van der Waals surface area contributed by atoms with Crippen LogP contribution in [0, 0.1) is 23.2 Å². The Morgan fingerprint density at radius 2 is 1.70 bits per heavy atom. The van der Waals surface area contributed by atoms with Crippen molar-refractivity contribution in [1.29, 1.82) is 0 Å². The van der Waals surface area contributed by atoms with E-state index in [1.807, 2.05) is 63.5 Å². The molecule has 3 aromatic heterocycles. The average molecular weight is 965 g/mol. The third-order valence-corrected chi connectivity index (χ3v) is 16.0. The van der Waals surface area contributed by atoms with E-state index in [4.69, 9.17) is 16.4 Å². The molecule has 71 heavy (non-hydrogen) atoms. The van der Waals surface area contributed by atoms with Gasteiger partial charge in [-0.15, -0.1) is 16.6 Å². The Morgan fingerprint density at radius 3 is 2.39 bits per heavy atom. The number of aliphatic hydroxyl groups excluding tert-OH is 2. The highest BCUT2D eigenvalue weighted by Crippen LogP contribution is 2.50. The number of fused-ring (bicyclic) bond motifs is 3. The summed E-state index contributed by atoms with van der Waals surface area (Å²) in [5.41, 5.74) is 6.01. The van der Waals surface area contributed by atoms with Gasteiger partial charge in [-0.1, -0.05) is 44.0 Å². The fraction of sp³-hybridized carbons (Fsp3) is 0.491. The van der Waals surface area contributed by atoms with E-state index in [1.54, 1.807) is 29.2 Å². The molecule has 5 aliphatic rings. The first kappa shape index (κ1) is 47.8. The number of aliphatic hydroxyl groups is 2. The van der Waals surface area contributed by atoms with Gasteiger partial charge in [-0.05, 0) is 74.4 Å². The number of phenols is 1. The van der Waals surface area contributed by atoms with Crippen LogP contribution in [-0.4, -0.2) is 156 Å². The lowest BCUT2D eigenvalue weighted by Gasteiger charge is -2.61. The number of aromatic hydroxyl groups is 1. The first-order valence-electron chi connectivity index (χ1n) is 24.9. The van der Waals surface area contributed by atoms with E-state index in [0.717, 1.165) is 91.1 Å². The van der Waals surface area contributed by atoms with Gasteiger partial charge in [-0.2, -0.15) is 0 Å². The van der Waals surface area contributed by atoms with Crippen molar-refractivity contribution < 1.29 is 29.7 Å². The number of likely N-dealkylation sites (tertiary alicyclic amines) is 2. The molecule has 5 aromatic rings.